The number of benzene rings is 1. The van der Waals surface area contributed by atoms with E-state index < -0.39 is 29.8 Å². The number of pyridine rings is 1. The maximum atomic E-state index is 12.7. The lowest BCUT2D eigenvalue weighted by Crippen LogP contribution is -2.44. The van der Waals surface area contributed by atoms with Crippen LogP contribution in [-0.2, 0) is 9.53 Å². The minimum absolute atomic E-state index is 0.110. The summed E-state index contributed by atoms with van der Waals surface area (Å²) in [5.74, 6) is -0.659. The number of ether oxygens (including phenoxy) is 3. The second-order valence-corrected chi connectivity index (χ2v) is 7.65. The Kier molecular flexibility index (Phi) is 8.66. The molecule has 0 spiro atoms. The van der Waals surface area contributed by atoms with Crippen LogP contribution in [0.1, 0.15) is 44.6 Å². The number of methoxy groups -OCH3 is 1. The number of hydrogen-bond donors (Lipinski definition) is 2. The van der Waals surface area contributed by atoms with Gasteiger partial charge in [-0.05, 0) is 38.3 Å². The molecule has 0 saturated heterocycles. The van der Waals surface area contributed by atoms with Crippen LogP contribution in [0.15, 0.2) is 42.6 Å². The molecule has 0 aliphatic heterocycles. The molecule has 0 aliphatic carbocycles. The molecule has 1 aromatic carbocycles. The van der Waals surface area contributed by atoms with Crippen molar-refractivity contribution in [3.05, 3.63) is 48.3 Å². The number of hydrogen-bond acceptors (Lipinski definition) is 7. The van der Waals surface area contributed by atoms with E-state index in [2.05, 4.69) is 10.3 Å². The number of carbonyl (C=O) groups is 2. The van der Waals surface area contributed by atoms with Gasteiger partial charge in [0.1, 0.15) is 24.0 Å². The first kappa shape index (κ1) is 24.0. The molecule has 0 saturated carbocycles. The van der Waals surface area contributed by atoms with Crippen molar-refractivity contribution < 1.29 is 28.9 Å². The third-order valence-electron chi connectivity index (χ3n) is 4.58. The molecule has 1 amide bonds. The van der Waals surface area contributed by atoms with E-state index in [4.69, 9.17) is 14.2 Å². The normalized spacial score (nSPS) is 13.7. The van der Waals surface area contributed by atoms with Gasteiger partial charge in [0.2, 0.25) is 0 Å². The van der Waals surface area contributed by atoms with Crippen LogP contribution in [0, 0.1) is 5.92 Å². The molecule has 8 heteroatoms. The third kappa shape index (κ3) is 6.87. The van der Waals surface area contributed by atoms with E-state index >= 15 is 0 Å². The number of nitrogens with one attached hydrogen (secondary N) is 1. The van der Waals surface area contributed by atoms with Gasteiger partial charge in [0.25, 0.3) is 5.91 Å². The molecule has 0 aliphatic rings. The van der Waals surface area contributed by atoms with Crippen molar-refractivity contribution in [3.63, 3.8) is 0 Å². The van der Waals surface area contributed by atoms with Gasteiger partial charge in [-0.3, -0.25) is 4.79 Å². The van der Waals surface area contributed by atoms with Gasteiger partial charge >= 0.3 is 5.97 Å². The van der Waals surface area contributed by atoms with Gasteiger partial charge in [0, 0.05) is 12.3 Å². The largest absolute Gasteiger partial charge is 0.503 e. The van der Waals surface area contributed by atoms with Gasteiger partial charge < -0.3 is 24.6 Å². The number of carbonyl (C=O) groups excluding carboxylic acids is 2. The summed E-state index contributed by atoms with van der Waals surface area (Å²) in [6, 6.07) is 9.76. The summed E-state index contributed by atoms with van der Waals surface area (Å²) in [5.41, 5.74) is -0.237. The van der Waals surface area contributed by atoms with E-state index in [-0.39, 0.29) is 23.5 Å². The molecule has 3 atom stereocenters. The van der Waals surface area contributed by atoms with Crippen LogP contribution >= 0.6 is 0 Å². The lowest BCUT2D eigenvalue weighted by atomic mass is 10.0. The molecule has 0 bridgehead atoms. The number of esters is 1. The SMILES string of the molecule is COc1ccnc(C(=O)N[C@@H](C)C(=O)O[C@H](CC(C)C)[C@@H](C)Oc2ccccc2)c1O. The summed E-state index contributed by atoms with van der Waals surface area (Å²) < 4.78 is 16.6. The Bertz CT molecular complexity index is 872. The molecule has 168 valence electrons. The fourth-order valence-corrected chi connectivity index (χ4v) is 2.93. The first-order chi connectivity index (χ1) is 14.7. The van der Waals surface area contributed by atoms with Crippen molar-refractivity contribution in [3.8, 4) is 17.2 Å². The fourth-order valence-electron chi connectivity index (χ4n) is 2.93. The lowest BCUT2D eigenvalue weighted by Gasteiger charge is -2.27. The Hall–Kier alpha value is -3.29. The van der Waals surface area contributed by atoms with Crippen molar-refractivity contribution in [2.24, 2.45) is 5.92 Å². The molecule has 31 heavy (non-hydrogen) atoms. The molecule has 0 fully saturated rings. The van der Waals surface area contributed by atoms with Gasteiger partial charge in [-0.2, -0.15) is 0 Å². The molecular formula is C23H30N2O6. The van der Waals surface area contributed by atoms with Crippen LogP contribution in [0.4, 0.5) is 0 Å². The predicted molar refractivity (Wildman–Crippen MR) is 115 cm³/mol. The summed E-state index contributed by atoms with van der Waals surface area (Å²) in [6.45, 7) is 7.40. The second kappa shape index (κ2) is 11.2. The molecular weight excluding hydrogens is 400 g/mol. The Labute approximate surface area is 182 Å². The van der Waals surface area contributed by atoms with Gasteiger partial charge in [-0.25, -0.2) is 9.78 Å². The molecule has 2 aromatic rings. The Balaban J connectivity index is 2.04. The van der Waals surface area contributed by atoms with Crippen molar-refractivity contribution in [1.82, 2.24) is 10.3 Å². The zero-order valence-corrected chi connectivity index (χ0v) is 18.5. The van der Waals surface area contributed by atoms with Crippen molar-refractivity contribution in [1.29, 1.82) is 0 Å². The van der Waals surface area contributed by atoms with Crippen LogP contribution in [0.25, 0.3) is 0 Å². The number of aromatic nitrogens is 1. The number of nitrogens with zero attached hydrogens (tertiary/aromatic N) is 1. The maximum Gasteiger partial charge on any atom is 0.328 e. The summed E-state index contributed by atoms with van der Waals surface area (Å²) in [7, 11) is 1.37. The topological polar surface area (TPSA) is 107 Å². The van der Waals surface area contributed by atoms with Crippen molar-refractivity contribution >= 4 is 11.9 Å². The maximum absolute atomic E-state index is 12.7. The lowest BCUT2D eigenvalue weighted by molar-refractivity contribution is -0.156. The molecule has 8 nitrogen and oxygen atoms in total. The van der Waals surface area contributed by atoms with E-state index in [0.29, 0.717) is 12.2 Å². The average molecular weight is 431 g/mol. The van der Waals surface area contributed by atoms with E-state index in [1.165, 1.54) is 26.3 Å². The number of aromatic hydroxyl groups is 1. The van der Waals surface area contributed by atoms with Gasteiger partial charge in [-0.15, -0.1) is 0 Å². The van der Waals surface area contributed by atoms with Crippen LogP contribution < -0.4 is 14.8 Å². The summed E-state index contributed by atoms with van der Waals surface area (Å²) in [6.07, 6.45) is 1.03. The smallest absolute Gasteiger partial charge is 0.328 e. The number of para-hydroxylation sites is 1. The van der Waals surface area contributed by atoms with Crippen LogP contribution in [-0.4, -0.2) is 47.3 Å². The highest BCUT2D eigenvalue weighted by atomic mass is 16.6. The first-order valence-corrected chi connectivity index (χ1v) is 10.2. The molecule has 0 unspecified atom stereocenters. The monoisotopic (exact) mass is 430 g/mol. The highest BCUT2D eigenvalue weighted by molar-refractivity contribution is 5.97. The predicted octanol–water partition coefficient (Wildman–Crippen LogP) is 3.34. The molecule has 1 heterocycles. The first-order valence-electron chi connectivity index (χ1n) is 10.2. The Morgan fingerprint density at radius 1 is 1.10 bits per heavy atom. The highest BCUT2D eigenvalue weighted by Crippen LogP contribution is 2.27. The molecule has 0 radical (unpaired) electrons. The Morgan fingerprint density at radius 2 is 1.77 bits per heavy atom. The fraction of sp³-hybridized carbons (Fsp3) is 0.435. The van der Waals surface area contributed by atoms with Crippen LogP contribution in [0.5, 0.6) is 17.2 Å². The minimum Gasteiger partial charge on any atom is -0.503 e. The summed E-state index contributed by atoms with van der Waals surface area (Å²) in [4.78, 5) is 29.0. The van der Waals surface area contributed by atoms with Crippen molar-refractivity contribution in [2.75, 3.05) is 7.11 Å². The zero-order valence-electron chi connectivity index (χ0n) is 18.5. The van der Waals surface area contributed by atoms with Gasteiger partial charge in [-0.1, -0.05) is 32.0 Å². The summed E-state index contributed by atoms with van der Waals surface area (Å²) in [5, 5.41) is 12.6. The van der Waals surface area contributed by atoms with Gasteiger partial charge in [0.15, 0.2) is 17.2 Å². The third-order valence-corrected chi connectivity index (χ3v) is 4.58. The van der Waals surface area contributed by atoms with E-state index in [1.54, 1.807) is 0 Å². The summed E-state index contributed by atoms with van der Waals surface area (Å²) >= 11 is 0. The van der Waals surface area contributed by atoms with Gasteiger partial charge in [0.05, 0.1) is 7.11 Å². The van der Waals surface area contributed by atoms with E-state index in [0.717, 1.165) is 0 Å². The van der Waals surface area contributed by atoms with E-state index in [1.807, 2.05) is 51.1 Å². The minimum atomic E-state index is -0.960. The highest BCUT2D eigenvalue weighted by Gasteiger charge is 2.28. The standard InChI is InChI=1S/C23H30N2O6/c1-14(2)13-19(16(4)30-17-9-7-6-8-10-17)31-23(28)15(3)25-22(27)20-21(26)18(29-5)11-12-24-20/h6-12,14-16,19,26H,13H2,1-5H3,(H,25,27)/t15-,16+,19+/m0/s1. The van der Waals surface area contributed by atoms with Crippen molar-refractivity contribution in [2.45, 2.75) is 52.4 Å². The second-order valence-electron chi connectivity index (χ2n) is 7.65. The molecule has 1 aromatic heterocycles. The zero-order chi connectivity index (χ0) is 23.0. The number of rotatable bonds is 10. The molecule has 2 N–H and O–H groups in total. The molecule has 2 rings (SSSR count). The van der Waals surface area contributed by atoms with Crippen LogP contribution in [0.3, 0.4) is 0 Å². The van der Waals surface area contributed by atoms with E-state index in [9.17, 15) is 14.7 Å². The quantitative estimate of drug-likeness (QED) is 0.557. The van der Waals surface area contributed by atoms with Crippen LogP contribution in [0.2, 0.25) is 0 Å². The Morgan fingerprint density at radius 3 is 2.39 bits per heavy atom. The number of amides is 1. The average Bonchev–Trinajstić information content (AvgIpc) is 2.73.